The topological polar surface area (TPSA) is 42.1 Å². The molecule has 0 spiro atoms. The van der Waals surface area contributed by atoms with E-state index in [1.54, 1.807) is 5.38 Å². The Kier molecular flexibility index (Phi) is 4.10. The number of thiocarbonyl (C=S) groups is 1. The van der Waals surface area contributed by atoms with Crippen molar-refractivity contribution < 1.29 is 0 Å². The Morgan fingerprint density at radius 1 is 1.86 bits per heavy atom. The fourth-order valence-corrected chi connectivity index (χ4v) is 2.28. The largest absolute Gasteiger partial charge is 0.393 e. The molecule has 0 aromatic carbocycles. The summed E-state index contributed by atoms with van der Waals surface area (Å²) < 4.78 is 0. The van der Waals surface area contributed by atoms with Crippen LogP contribution in [-0.2, 0) is 0 Å². The second-order valence-electron chi connectivity index (χ2n) is 3.08. The summed E-state index contributed by atoms with van der Waals surface area (Å²) in [5.41, 5.74) is 5.48. The minimum absolute atomic E-state index is 0.245. The van der Waals surface area contributed by atoms with Gasteiger partial charge in [-0.1, -0.05) is 23.8 Å². The zero-order valence-electron chi connectivity index (χ0n) is 8.03. The molecular weight excluding hydrogens is 238 g/mol. The van der Waals surface area contributed by atoms with E-state index in [1.165, 1.54) is 11.3 Å². The molecule has 0 amide bonds. The van der Waals surface area contributed by atoms with Crippen LogP contribution in [0, 0.1) is 0 Å². The first-order valence-electron chi connectivity index (χ1n) is 4.13. The minimum Gasteiger partial charge on any atom is -0.393 e. The Labute approximate surface area is 97.9 Å². The Hall–Kier alpha value is -0.390. The van der Waals surface area contributed by atoms with Crippen molar-refractivity contribution in [3.63, 3.8) is 0 Å². The second-order valence-corrected chi connectivity index (χ2v) is 4.83. The number of nitrogens with zero attached hydrogens (tertiary/aromatic N) is 2. The molecule has 1 aromatic heterocycles. The molecule has 14 heavy (non-hydrogen) atoms. The molecular formula is C8H12ClN3S2. The summed E-state index contributed by atoms with van der Waals surface area (Å²) in [6, 6.07) is 0.245. The molecule has 0 bridgehead atoms. The van der Waals surface area contributed by atoms with Crippen LogP contribution < -0.4 is 10.6 Å². The molecule has 0 aliphatic carbocycles. The first-order valence-corrected chi connectivity index (χ1v) is 5.79. The van der Waals surface area contributed by atoms with Crippen LogP contribution in [0.25, 0.3) is 0 Å². The fraction of sp³-hybridized carbons (Fsp3) is 0.500. The van der Waals surface area contributed by atoms with Crippen LogP contribution in [0.2, 0.25) is 5.15 Å². The van der Waals surface area contributed by atoms with E-state index in [9.17, 15) is 0 Å². The lowest BCUT2D eigenvalue weighted by atomic mass is 10.2. The van der Waals surface area contributed by atoms with E-state index in [0.29, 0.717) is 16.6 Å². The monoisotopic (exact) mass is 249 g/mol. The molecule has 78 valence electrons. The molecule has 1 aromatic rings. The smallest absolute Gasteiger partial charge is 0.186 e. The molecule has 0 saturated carbocycles. The highest BCUT2D eigenvalue weighted by Crippen LogP contribution is 2.24. The predicted molar refractivity (Wildman–Crippen MR) is 66.4 cm³/mol. The van der Waals surface area contributed by atoms with Crippen LogP contribution in [0.5, 0.6) is 0 Å². The number of halogens is 1. The number of hydrogen-bond donors (Lipinski definition) is 1. The Balaban J connectivity index is 2.65. The van der Waals surface area contributed by atoms with Gasteiger partial charge in [0.15, 0.2) is 5.13 Å². The van der Waals surface area contributed by atoms with Crippen molar-refractivity contribution in [1.82, 2.24) is 4.98 Å². The number of aromatic nitrogens is 1. The fourth-order valence-electron chi connectivity index (χ4n) is 1.02. The van der Waals surface area contributed by atoms with Gasteiger partial charge in [0.1, 0.15) is 5.15 Å². The summed E-state index contributed by atoms with van der Waals surface area (Å²) in [6.07, 6.45) is 0.684. The molecule has 2 N–H and O–H groups in total. The summed E-state index contributed by atoms with van der Waals surface area (Å²) in [6.45, 7) is 2.05. The van der Waals surface area contributed by atoms with E-state index in [0.717, 1.165) is 5.13 Å². The van der Waals surface area contributed by atoms with Gasteiger partial charge in [-0.3, -0.25) is 0 Å². The molecule has 1 unspecified atom stereocenters. The summed E-state index contributed by atoms with van der Waals surface area (Å²) in [7, 11) is 1.96. The molecule has 1 atom stereocenters. The van der Waals surface area contributed by atoms with Gasteiger partial charge < -0.3 is 10.6 Å². The van der Waals surface area contributed by atoms with Crippen molar-refractivity contribution >= 4 is 45.3 Å². The molecule has 0 aliphatic rings. The van der Waals surface area contributed by atoms with Crippen LogP contribution in [0.3, 0.4) is 0 Å². The highest BCUT2D eigenvalue weighted by Gasteiger charge is 2.13. The van der Waals surface area contributed by atoms with E-state index >= 15 is 0 Å². The van der Waals surface area contributed by atoms with E-state index in [-0.39, 0.29) is 6.04 Å². The van der Waals surface area contributed by atoms with Gasteiger partial charge >= 0.3 is 0 Å². The van der Waals surface area contributed by atoms with E-state index in [2.05, 4.69) is 11.9 Å². The molecule has 0 fully saturated rings. The van der Waals surface area contributed by atoms with E-state index < -0.39 is 0 Å². The molecule has 1 rings (SSSR count). The number of hydrogen-bond acceptors (Lipinski definition) is 4. The SMILES string of the molecule is CC(CC(N)=S)N(C)c1nc(Cl)cs1. The molecule has 3 nitrogen and oxygen atoms in total. The van der Waals surface area contributed by atoms with Crippen molar-refractivity contribution in [2.24, 2.45) is 5.73 Å². The minimum atomic E-state index is 0.245. The molecule has 0 saturated heterocycles. The Bertz CT molecular complexity index is 326. The summed E-state index contributed by atoms with van der Waals surface area (Å²) >= 11 is 12.1. The first-order chi connectivity index (χ1) is 6.50. The summed E-state index contributed by atoms with van der Waals surface area (Å²) in [5.74, 6) is 0. The number of rotatable bonds is 4. The quantitative estimate of drug-likeness (QED) is 0.832. The zero-order chi connectivity index (χ0) is 10.7. The van der Waals surface area contributed by atoms with Gasteiger partial charge in [-0.25, -0.2) is 4.98 Å². The number of nitrogens with two attached hydrogens (primary N) is 1. The lowest BCUT2D eigenvalue weighted by Crippen LogP contribution is -2.32. The first kappa shape index (κ1) is 11.7. The molecule has 6 heteroatoms. The van der Waals surface area contributed by atoms with Crippen LogP contribution in [0.4, 0.5) is 5.13 Å². The van der Waals surface area contributed by atoms with Gasteiger partial charge in [0.05, 0.1) is 4.99 Å². The highest BCUT2D eigenvalue weighted by atomic mass is 35.5. The normalized spacial score (nSPS) is 12.5. The standard InChI is InChI=1S/C8H12ClN3S2/c1-5(3-7(10)13)12(2)8-11-6(9)4-14-8/h4-5H,3H2,1-2H3,(H2,10,13). The van der Waals surface area contributed by atoms with Crippen molar-refractivity contribution in [2.75, 3.05) is 11.9 Å². The maximum atomic E-state index is 5.74. The van der Waals surface area contributed by atoms with Crippen molar-refractivity contribution in [3.8, 4) is 0 Å². The Morgan fingerprint density at radius 3 is 2.93 bits per heavy atom. The molecule has 1 heterocycles. The molecule has 0 aliphatic heterocycles. The van der Waals surface area contributed by atoms with Crippen LogP contribution >= 0.6 is 35.2 Å². The highest BCUT2D eigenvalue weighted by molar-refractivity contribution is 7.80. The van der Waals surface area contributed by atoms with Gasteiger partial charge in [0, 0.05) is 24.9 Å². The maximum Gasteiger partial charge on any atom is 0.186 e. The second kappa shape index (κ2) is 4.91. The van der Waals surface area contributed by atoms with Crippen LogP contribution in [0.15, 0.2) is 5.38 Å². The van der Waals surface area contributed by atoms with Crippen molar-refractivity contribution in [2.45, 2.75) is 19.4 Å². The summed E-state index contributed by atoms with van der Waals surface area (Å²) in [5, 5.41) is 3.22. The van der Waals surface area contributed by atoms with Crippen LogP contribution in [0.1, 0.15) is 13.3 Å². The summed E-state index contributed by atoms with van der Waals surface area (Å²) in [4.78, 5) is 6.71. The van der Waals surface area contributed by atoms with Crippen molar-refractivity contribution in [1.29, 1.82) is 0 Å². The molecule has 0 radical (unpaired) electrons. The predicted octanol–water partition coefficient (Wildman–Crippen LogP) is 2.30. The average molecular weight is 250 g/mol. The van der Waals surface area contributed by atoms with Crippen LogP contribution in [-0.4, -0.2) is 23.1 Å². The van der Waals surface area contributed by atoms with E-state index in [4.69, 9.17) is 29.6 Å². The average Bonchev–Trinajstić information content (AvgIpc) is 2.49. The zero-order valence-corrected chi connectivity index (χ0v) is 10.4. The lowest BCUT2D eigenvalue weighted by molar-refractivity contribution is 0.712. The van der Waals surface area contributed by atoms with Gasteiger partial charge in [-0.2, -0.15) is 0 Å². The van der Waals surface area contributed by atoms with E-state index in [1.807, 2.05) is 11.9 Å². The van der Waals surface area contributed by atoms with Gasteiger partial charge in [-0.05, 0) is 6.92 Å². The van der Waals surface area contributed by atoms with Gasteiger partial charge in [0.25, 0.3) is 0 Å². The lowest BCUT2D eigenvalue weighted by Gasteiger charge is -2.23. The van der Waals surface area contributed by atoms with Gasteiger partial charge in [0.2, 0.25) is 0 Å². The third-order valence-electron chi connectivity index (χ3n) is 1.92. The number of anilines is 1. The van der Waals surface area contributed by atoms with Crippen molar-refractivity contribution in [3.05, 3.63) is 10.5 Å². The third kappa shape index (κ3) is 3.08. The third-order valence-corrected chi connectivity index (χ3v) is 3.34. The maximum absolute atomic E-state index is 5.74. The number of thiazole rings is 1. The Morgan fingerprint density at radius 2 is 2.50 bits per heavy atom. The van der Waals surface area contributed by atoms with Gasteiger partial charge in [-0.15, -0.1) is 11.3 Å².